The lowest BCUT2D eigenvalue weighted by Crippen LogP contribution is -2.27. The van der Waals surface area contributed by atoms with Gasteiger partial charge in [0.1, 0.15) is 0 Å². The number of ether oxygens (including phenoxy) is 1. The first-order chi connectivity index (χ1) is 8.24. The minimum absolute atomic E-state index is 0.00658. The Morgan fingerprint density at radius 3 is 2.76 bits per heavy atom. The van der Waals surface area contributed by atoms with Crippen LogP contribution in [0.25, 0.3) is 0 Å². The van der Waals surface area contributed by atoms with Crippen molar-refractivity contribution in [2.45, 2.75) is 18.9 Å². The summed E-state index contributed by atoms with van der Waals surface area (Å²) in [7, 11) is 1.58. The Kier molecular flexibility index (Phi) is 6.29. The first-order valence-electron chi connectivity index (χ1n) is 5.80. The van der Waals surface area contributed by atoms with Crippen molar-refractivity contribution >= 4 is 5.91 Å². The van der Waals surface area contributed by atoms with Crippen LogP contribution in [0, 0.1) is 0 Å². The average molecular weight is 236 g/mol. The largest absolute Gasteiger partial charge is 0.384 e. The van der Waals surface area contributed by atoms with Crippen molar-refractivity contribution in [2.24, 2.45) is 5.73 Å². The van der Waals surface area contributed by atoms with Gasteiger partial charge in [-0.15, -0.1) is 0 Å². The monoisotopic (exact) mass is 236 g/mol. The van der Waals surface area contributed by atoms with Crippen molar-refractivity contribution < 1.29 is 9.53 Å². The molecule has 0 heterocycles. The summed E-state index contributed by atoms with van der Waals surface area (Å²) < 4.78 is 4.82. The molecule has 1 atom stereocenters. The van der Waals surface area contributed by atoms with Gasteiger partial charge in [-0.2, -0.15) is 0 Å². The molecule has 0 fully saturated rings. The summed E-state index contributed by atoms with van der Waals surface area (Å²) in [6.45, 7) is 1.05. The first kappa shape index (κ1) is 13.7. The van der Waals surface area contributed by atoms with Crippen molar-refractivity contribution in [2.75, 3.05) is 20.3 Å². The molecular weight excluding hydrogens is 216 g/mol. The van der Waals surface area contributed by atoms with Crippen LogP contribution in [0.3, 0.4) is 0 Å². The third-order valence-corrected chi connectivity index (χ3v) is 2.54. The SMILES string of the molecule is COCCC(=O)NCCC(N)c1ccccc1. The fraction of sp³-hybridized carbons (Fsp3) is 0.462. The van der Waals surface area contributed by atoms with E-state index >= 15 is 0 Å². The molecule has 0 aromatic heterocycles. The molecular formula is C13H20N2O2. The molecule has 0 radical (unpaired) electrons. The molecule has 1 aromatic carbocycles. The van der Waals surface area contributed by atoms with Gasteiger partial charge in [-0.1, -0.05) is 30.3 Å². The minimum Gasteiger partial charge on any atom is -0.384 e. The van der Waals surface area contributed by atoms with Gasteiger partial charge in [0, 0.05) is 26.1 Å². The predicted molar refractivity (Wildman–Crippen MR) is 67.5 cm³/mol. The highest BCUT2D eigenvalue weighted by molar-refractivity contribution is 5.75. The van der Waals surface area contributed by atoms with Crippen LogP contribution in [0.2, 0.25) is 0 Å². The zero-order valence-electron chi connectivity index (χ0n) is 10.2. The van der Waals surface area contributed by atoms with Crippen LogP contribution in [0.5, 0.6) is 0 Å². The van der Waals surface area contributed by atoms with Crippen molar-refractivity contribution in [1.29, 1.82) is 0 Å². The van der Waals surface area contributed by atoms with E-state index in [1.165, 1.54) is 0 Å². The summed E-state index contributed by atoms with van der Waals surface area (Å²) in [5.74, 6) is 0.00658. The fourth-order valence-corrected chi connectivity index (χ4v) is 1.52. The Hall–Kier alpha value is -1.39. The average Bonchev–Trinajstić information content (AvgIpc) is 2.37. The van der Waals surface area contributed by atoms with Gasteiger partial charge in [-0.25, -0.2) is 0 Å². The van der Waals surface area contributed by atoms with E-state index in [9.17, 15) is 4.79 Å². The molecule has 1 aromatic rings. The molecule has 1 rings (SSSR count). The van der Waals surface area contributed by atoms with E-state index in [1.54, 1.807) is 7.11 Å². The lowest BCUT2D eigenvalue weighted by atomic mass is 10.1. The van der Waals surface area contributed by atoms with E-state index < -0.39 is 0 Å². The molecule has 4 nitrogen and oxygen atoms in total. The molecule has 0 saturated carbocycles. The van der Waals surface area contributed by atoms with Gasteiger partial charge < -0.3 is 15.8 Å². The van der Waals surface area contributed by atoms with Gasteiger partial charge in [-0.3, -0.25) is 4.79 Å². The molecule has 0 spiro atoms. The molecule has 4 heteroatoms. The molecule has 1 unspecified atom stereocenters. The topological polar surface area (TPSA) is 64.3 Å². The minimum atomic E-state index is -0.0288. The zero-order valence-corrected chi connectivity index (χ0v) is 10.2. The van der Waals surface area contributed by atoms with Crippen LogP contribution in [-0.4, -0.2) is 26.2 Å². The number of nitrogens with one attached hydrogen (secondary N) is 1. The number of carbonyl (C=O) groups excluding carboxylic acids is 1. The van der Waals surface area contributed by atoms with E-state index in [0.29, 0.717) is 19.6 Å². The molecule has 3 N–H and O–H groups in total. The summed E-state index contributed by atoms with van der Waals surface area (Å²) in [4.78, 5) is 11.3. The molecule has 17 heavy (non-hydrogen) atoms. The number of methoxy groups -OCH3 is 1. The quantitative estimate of drug-likeness (QED) is 0.748. The summed E-state index contributed by atoms with van der Waals surface area (Å²) in [5, 5.41) is 2.82. The van der Waals surface area contributed by atoms with Gasteiger partial charge in [0.05, 0.1) is 6.61 Å². The van der Waals surface area contributed by atoms with Gasteiger partial charge in [-0.05, 0) is 12.0 Å². The number of nitrogens with two attached hydrogens (primary N) is 1. The fourth-order valence-electron chi connectivity index (χ4n) is 1.52. The van der Waals surface area contributed by atoms with Crippen LogP contribution < -0.4 is 11.1 Å². The van der Waals surface area contributed by atoms with E-state index in [1.807, 2.05) is 30.3 Å². The van der Waals surface area contributed by atoms with Gasteiger partial charge in [0.25, 0.3) is 0 Å². The summed E-state index contributed by atoms with van der Waals surface area (Å²) in [6, 6.07) is 9.86. The van der Waals surface area contributed by atoms with Crippen molar-refractivity contribution in [3.05, 3.63) is 35.9 Å². The van der Waals surface area contributed by atoms with Crippen LogP contribution in [-0.2, 0) is 9.53 Å². The zero-order chi connectivity index (χ0) is 12.5. The highest BCUT2D eigenvalue weighted by atomic mass is 16.5. The summed E-state index contributed by atoms with van der Waals surface area (Å²) in [5.41, 5.74) is 7.10. The second-order valence-electron chi connectivity index (χ2n) is 3.90. The number of benzene rings is 1. The Morgan fingerprint density at radius 2 is 2.12 bits per heavy atom. The summed E-state index contributed by atoms with van der Waals surface area (Å²) >= 11 is 0. The van der Waals surface area contributed by atoms with E-state index in [-0.39, 0.29) is 11.9 Å². The van der Waals surface area contributed by atoms with Crippen molar-refractivity contribution in [3.8, 4) is 0 Å². The molecule has 94 valence electrons. The van der Waals surface area contributed by atoms with Crippen molar-refractivity contribution in [3.63, 3.8) is 0 Å². The molecule has 0 saturated heterocycles. The highest BCUT2D eigenvalue weighted by Crippen LogP contribution is 2.12. The van der Waals surface area contributed by atoms with Crippen LogP contribution >= 0.6 is 0 Å². The van der Waals surface area contributed by atoms with E-state index in [2.05, 4.69) is 5.32 Å². The van der Waals surface area contributed by atoms with Gasteiger partial charge in [0.15, 0.2) is 0 Å². The van der Waals surface area contributed by atoms with Crippen LogP contribution in [0.4, 0.5) is 0 Å². The third-order valence-electron chi connectivity index (χ3n) is 2.54. The smallest absolute Gasteiger partial charge is 0.222 e. The number of rotatable bonds is 7. The maximum absolute atomic E-state index is 11.3. The van der Waals surface area contributed by atoms with Crippen molar-refractivity contribution in [1.82, 2.24) is 5.32 Å². The van der Waals surface area contributed by atoms with Gasteiger partial charge in [0.2, 0.25) is 5.91 Å². The van der Waals surface area contributed by atoms with E-state index in [4.69, 9.17) is 10.5 Å². The summed E-state index contributed by atoms with van der Waals surface area (Å²) in [6.07, 6.45) is 1.14. The van der Waals surface area contributed by atoms with Gasteiger partial charge >= 0.3 is 0 Å². The lowest BCUT2D eigenvalue weighted by molar-refractivity contribution is -0.121. The van der Waals surface area contributed by atoms with Crippen LogP contribution in [0.1, 0.15) is 24.4 Å². The molecule has 1 amide bonds. The molecule has 0 aliphatic rings. The number of hydrogen-bond acceptors (Lipinski definition) is 3. The standard InChI is InChI=1S/C13H20N2O2/c1-17-10-8-13(16)15-9-7-12(14)11-5-3-2-4-6-11/h2-6,12H,7-10,14H2,1H3,(H,15,16). The Balaban J connectivity index is 2.20. The molecule has 0 bridgehead atoms. The highest BCUT2D eigenvalue weighted by Gasteiger charge is 2.06. The predicted octanol–water partition coefficient (Wildman–Crippen LogP) is 1.23. The maximum atomic E-state index is 11.3. The number of hydrogen-bond donors (Lipinski definition) is 2. The molecule has 0 aliphatic heterocycles. The normalized spacial score (nSPS) is 12.1. The second-order valence-corrected chi connectivity index (χ2v) is 3.90. The second kappa shape index (κ2) is 7.81. The Morgan fingerprint density at radius 1 is 1.41 bits per heavy atom. The lowest BCUT2D eigenvalue weighted by Gasteiger charge is -2.12. The number of carbonyl (C=O) groups is 1. The Labute approximate surface area is 102 Å². The third kappa shape index (κ3) is 5.47. The first-order valence-corrected chi connectivity index (χ1v) is 5.80. The number of amides is 1. The van der Waals surface area contributed by atoms with E-state index in [0.717, 1.165) is 12.0 Å². The Bertz CT molecular complexity index is 327. The molecule has 0 aliphatic carbocycles. The van der Waals surface area contributed by atoms with Crippen LogP contribution in [0.15, 0.2) is 30.3 Å². The maximum Gasteiger partial charge on any atom is 0.222 e.